The van der Waals surface area contributed by atoms with Crippen LogP contribution in [0.5, 0.6) is 0 Å². The quantitative estimate of drug-likeness (QED) is 0.371. The zero-order valence-electron chi connectivity index (χ0n) is 20.0. The highest BCUT2D eigenvalue weighted by Crippen LogP contribution is 2.44. The van der Waals surface area contributed by atoms with E-state index in [0.29, 0.717) is 6.42 Å². The molecule has 3 N–H and O–H groups in total. The van der Waals surface area contributed by atoms with E-state index in [2.05, 4.69) is 22.9 Å². The van der Waals surface area contributed by atoms with Crippen molar-refractivity contribution in [1.29, 1.82) is 0 Å². The Kier molecular flexibility index (Phi) is 9.63. The molecule has 0 radical (unpaired) electrons. The molecular weight excluding hydrogens is 452 g/mol. The SMILES string of the molecule is CCCC[C@H](CC(=O)NOC(COC)C(=O)O)NC(=O)OCC1c2ccccc2-c2ccccc21. The smallest absolute Gasteiger partial charge is 0.407 e. The molecule has 0 bridgehead atoms. The maximum Gasteiger partial charge on any atom is 0.407 e. The summed E-state index contributed by atoms with van der Waals surface area (Å²) in [4.78, 5) is 41.0. The maximum absolute atomic E-state index is 12.6. The molecule has 0 fully saturated rings. The van der Waals surface area contributed by atoms with Crippen molar-refractivity contribution in [3.63, 3.8) is 0 Å². The fourth-order valence-electron chi connectivity index (χ4n) is 4.19. The number of carboxylic acid groups (broad SMARTS) is 1. The summed E-state index contributed by atoms with van der Waals surface area (Å²) >= 11 is 0. The van der Waals surface area contributed by atoms with Gasteiger partial charge >= 0.3 is 12.1 Å². The summed E-state index contributed by atoms with van der Waals surface area (Å²) in [5, 5.41) is 11.8. The number of methoxy groups -OCH3 is 1. The van der Waals surface area contributed by atoms with Gasteiger partial charge in [-0.3, -0.25) is 9.63 Å². The maximum atomic E-state index is 12.6. The predicted octanol–water partition coefficient (Wildman–Crippen LogP) is 3.62. The molecule has 0 spiro atoms. The fraction of sp³-hybridized carbons (Fsp3) is 0.423. The van der Waals surface area contributed by atoms with Gasteiger partial charge in [0.15, 0.2) is 0 Å². The van der Waals surface area contributed by atoms with Crippen LogP contribution >= 0.6 is 0 Å². The average molecular weight is 485 g/mol. The minimum absolute atomic E-state index is 0.0623. The van der Waals surface area contributed by atoms with Crippen LogP contribution in [0.4, 0.5) is 4.79 Å². The number of nitrogens with one attached hydrogen (secondary N) is 2. The summed E-state index contributed by atoms with van der Waals surface area (Å²) in [5.74, 6) is -1.87. The third-order valence-electron chi connectivity index (χ3n) is 5.91. The van der Waals surface area contributed by atoms with Crippen LogP contribution in [-0.2, 0) is 23.9 Å². The van der Waals surface area contributed by atoms with E-state index in [4.69, 9.17) is 19.4 Å². The molecule has 0 saturated heterocycles. The van der Waals surface area contributed by atoms with Crippen molar-refractivity contribution >= 4 is 18.0 Å². The van der Waals surface area contributed by atoms with E-state index in [1.807, 2.05) is 43.3 Å². The molecule has 3 rings (SSSR count). The molecule has 2 aromatic carbocycles. The highest BCUT2D eigenvalue weighted by Gasteiger charge is 2.29. The van der Waals surface area contributed by atoms with Gasteiger partial charge in [-0.15, -0.1) is 0 Å². The number of alkyl carbamates (subject to hydrolysis) is 1. The van der Waals surface area contributed by atoms with Crippen molar-refractivity contribution in [2.75, 3.05) is 20.3 Å². The Morgan fingerprint density at radius 2 is 1.66 bits per heavy atom. The molecule has 9 nitrogen and oxygen atoms in total. The number of hydrogen-bond donors (Lipinski definition) is 3. The van der Waals surface area contributed by atoms with Crippen LogP contribution in [0.15, 0.2) is 48.5 Å². The normalized spacial score (nSPS) is 13.9. The van der Waals surface area contributed by atoms with Gasteiger partial charge in [0, 0.05) is 25.5 Å². The van der Waals surface area contributed by atoms with E-state index < -0.39 is 30.1 Å². The van der Waals surface area contributed by atoms with Gasteiger partial charge in [0.05, 0.1) is 6.61 Å². The van der Waals surface area contributed by atoms with Crippen molar-refractivity contribution in [2.45, 2.75) is 50.7 Å². The molecule has 2 aromatic rings. The Hall–Kier alpha value is -3.43. The van der Waals surface area contributed by atoms with Crippen molar-refractivity contribution in [1.82, 2.24) is 10.8 Å². The molecule has 0 aromatic heterocycles. The lowest BCUT2D eigenvalue weighted by Gasteiger charge is -2.20. The number of hydrogen-bond acceptors (Lipinski definition) is 6. The first-order valence-corrected chi connectivity index (χ1v) is 11.7. The molecule has 1 aliphatic carbocycles. The first-order valence-electron chi connectivity index (χ1n) is 11.7. The van der Waals surface area contributed by atoms with Crippen molar-refractivity contribution in [2.24, 2.45) is 0 Å². The fourth-order valence-corrected chi connectivity index (χ4v) is 4.19. The Bertz CT molecular complexity index is 981. The second-order valence-electron chi connectivity index (χ2n) is 8.44. The lowest BCUT2D eigenvalue weighted by Crippen LogP contribution is -2.42. The molecule has 2 amide bonds. The molecule has 0 heterocycles. The molecular formula is C26H32N2O7. The van der Waals surface area contributed by atoms with Crippen molar-refractivity contribution < 1.29 is 33.8 Å². The standard InChI is InChI=1S/C26H32N2O7/c1-3-4-9-17(14-24(29)28-35-23(16-33-2)25(30)31)27-26(32)34-15-22-20-12-7-5-10-18(20)19-11-6-8-13-21(19)22/h5-8,10-13,17,22-23H,3-4,9,14-16H2,1-2H3,(H,27,32)(H,28,29)(H,30,31)/t17-,23?/m1/s1. The topological polar surface area (TPSA) is 123 Å². The third-order valence-corrected chi connectivity index (χ3v) is 5.91. The van der Waals surface area contributed by atoms with Gasteiger partial charge in [0.1, 0.15) is 6.61 Å². The molecule has 9 heteroatoms. The summed E-state index contributed by atoms with van der Waals surface area (Å²) in [7, 11) is 1.33. The number of carbonyl (C=O) groups excluding carboxylic acids is 2. The lowest BCUT2D eigenvalue weighted by molar-refractivity contribution is -0.165. The summed E-state index contributed by atoms with van der Waals surface area (Å²) in [5.41, 5.74) is 6.65. The van der Waals surface area contributed by atoms with Gasteiger partial charge in [0.2, 0.25) is 12.0 Å². The number of amides is 2. The van der Waals surface area contributed by atoms with E-state index in [9.17, 15) is 14.4 Å². The van der Waals surface area contributed by atoms with Crippen molar-refractivity contribution in [3.8, 4) is 11.1 Å². The van der Waals surface area contributed by atoms with Crippen LogP contribution in [0.2, 0.25) is 0 Å². The van der Waals surface area contributed by atoms with Crippen LogP contribution < -0.4 is 10.8 Å². The second-order valence-corrected chi connectivity index (χ2v) is 8.44. The summed E-state index contributed by atoms with van der Waals surface area (Å²) in [6, 6.07) is 15.7. The van der Waals surface area contributed by atoms with E-state index in [0.717, 1.165) is 35.1 Å². The first-order chi connectivity index (χ1) is 16.9. The summed E-state index contributed by atoms with van der Waals surface area (Å²) in [6.45, 7) is 1.97. The zero-order chi connectivity index (χ0) is 25.2. The molecule has 0 aliphatic heterocycles. The molecule has 188 valence electrons. The minimum atomic E-state index is -1.33. The van der Waals surface area contributed by atoms with Crippen LogP contribution in [0, 0.1) is 0 Å². The zero-order valence-corrected chi connectivity index (χ0v) is 20.0. The van der Waals surface area contributed by atoms with Crippen molar-refractivity contribution in [3.05, 3.63) is 59.7 Å². The van der Waals surface area contributed by atoms with Crippen LogP contribution in [0.25, 0.3) is 11.1 Å². The number of carboxylic acids is 1. The largest absolute Gasteiger partial charge is 0.479 e. The van der Waals surface area contributed by atoms with E-state index in [1.165, 1.54) is 7.11 Å². The van der Waals surface area contributed by atoms with Crippen LogP contribution in [0.3, 0.4) is 0 Å². The molecule has 1 unspecified atom stereocenters. The van der Waals surface area contributed by atoms with Gasteiger partial charge in [-0.05, 0) is 28.7 Å². The molecule has 35 heavy (non-hydrogen) atoms. The highest BCUT2D eigenvalue weighted by atomic mass is 16.7. The van der Waals surface area contributed by atoms with Gasteiger partial charge < -0.3 is 19.9 Å². The molecule has 1 aliphatic rings. The Labute approximate surface area is 204 Å². The number of unbranched alkanes of at least 4 members (excludes halogenated alkanes) is 1. The number of hydroxylamine groups is 1. The van der Waals surface area contributed by atoms with Gasteiger partial charge in [-0.25, -0.2) is 15.1 Å². The monoisotopic (exact) mass is 484 g/mol. The lowest BCUT2D eigenvalue weighted by atomic mass is 9.98. The van der Waals surface area contributed by atoms with Crippen LogP contribution in [-0.4, -0.2) is 55.5 Å². The Balaban J connectivity index is 1.56. The number of benzene rings is 2. The minimum Gasteiger partial charge on any atom is -0.479 e. The van der Waals surface area contributed by atoms with E-state index >= 15 is 0 Å². The average Bonchev–Trinajstić information content (AvgIpc) is 3.17. The number of rotatable bonds is 13. The van der Waals surface area contributed by atoms with Gasteiger partial charge in [-0.2, -0.15) is 0 Å². The first kappa shape index (κ1) is 26.2. The van der Waals surface area contributed by atoms with Gasteiger partial charge in [0.25, 0.3) is 0 Å². The highest BCUT2D eigenvalue weighted by molar-refractivity contribution is 5.79. The third kappa shape index (κ3) is 7.03. The number of aliphatic carboxylic acids is 1. The second kappa shape index (κ2) is 12.9. The van der Waals surface area contributed by atoms with Gasteiger partial charge in [-0.1, -0.05) is 68.3 Å². The number of ether oxygens (including phenoxy) is 2. The number of fused-ring (bicyclic) bond motifs is 3. The summed E-state index contributed by atoms with van der Waals surface area (Å²) in [6.07, 6.45) is 0.232. The molecule has 0 saturated carbocycles. The van der Waals surface area contributed by atoms with Crippen LogP contribution in [0.1, 0.15) is 49.7 Å². The number of carbonyl (C=O) groups is 3. The Morgan fingerprint density at radius 3 is 2.23 bits per heavy atom. The predicted molar refractivity (Wildman–Crippen MR) is 129 cm³/mol. The Morgan fingerprint density at radius 1 is 1.03 bits per heavy atom. The van der Waals surface area contributed by atoms with E-state index in [-0.39, 0.29) is 25.6 Å². The molecule has 2 atom stereocenters. The summed E-state index contributed by atoms with van der Waals surface area (Å²) < 4.78 is 10.4. The van der Waals surface area contributed by atoms with E-state index in [1.54, 1.807) is 0 Å².